The van der Waals surface area contributed by atoms with Gasteiger partial charge in [0.1, 0.15) is 12.6 Å². The fourth-order valence-electron chi connectivity index (χ4n) is 7.50. The molecule has 0 aliphatic carbocycles. The fourth-order valence-corrected chi connectivity index (χ4v) is 7.50. The van der Waals surface area contributed by atoms with Crippen molar-refractivity contribution >= 4 is 47.3 Å². The Morgan fingerprint density at radius 1 is 0.891 bits per heavy atom. The van der Waals surface area contributed by atoms with E-state index in [4.69, 9.17) is 14.6 Å². The highest BCUT2D eigenvalue weighted by molar-refractivity contribution is 6.12. The highest BCUT2D eigenvalue weighted by Gasteiger charge is 2.42. The van der Waals surface area contributed by atoms with Crippen molar-refractivity contribution in [1.82, 2.24) is 30.2 Å². The minimum Gasteiger partial charge on any atom is -0.480 e. The third-order valence-corrected chi connectivity index (χ3v) is 10.8. The number of rotatable bonds is 23. The van der Waals surface area contributed by atoms with Crippen LogP contribution < -0.4 is 10.6 Å². The van der Waals surface area contributed by atoms with Crippen LogP contribution in [0.1, 0.15) is 79.6 Å². The van der Waals surface area contributed by atoms with Crippen molar-refractivity contribution in [3.05, 3.63) is 12.2 Å². The molecule has 0 saturated carbocycles. The SMILES string of the molecule is CC[C@H](C)[C@@H]([C@@H](CC(=O)N1CCC[C@H]1[C@H](OC)[C@@H](C)C(=O)NCC(=O)O)OC)N(C)C(=O)CNC(=O)C(C(C)C)N(C)C(=O)CCCCN1C(=O)C=CC1=O. The number of hydrogen-bond donors (Lipinski definition) is 3. The number of ether oxygens (including phenoxy) is 2. The lowest BCUT2D eigenvalue weighted by atomic mass is 9.90. The molecule has 0 aromatic carbocycles. The Morgan fingerprint density at radius 3 is 2.05 bits per heavy atom. The molecule has 7 amide bonds. The molecule has 1 fully saturated rings. The molecule has 0 bridgehead atoms. The summed E-state index contributed by atoms with van der Waals surface area (Å²) in [7, 11) is 6.07. The first-order valence-electron chi connectivity index (χ1n) is 19.1. The Morgan fingerprint density at radius 2 is 1.51 bits per heavy atom. The van der Waals surface area contributed by atoms with Crippen LogP contribution in [0.5, 0.6) is 0 Å². The normalized spacial score (nSPS) is 18.8. The predicted molar refractivity (Wildman–Crippen MR) is 201 cm³/mol. The van der Waals surface area contributed by atoms with E-state index >= 15 is 0 Å². The summed E-state index contributed by atoms with van der Waals surface area (Å²) < 4.78 is 11.6. The Kier molecular flexibility index (Phi) is 18.9. The zero-order chi connectivity index (χ0) is 41.6. The van der Waals surface area contributed by atoms with Crippen LogP contribution in [0.15, 0.2) is 12.2 Å². The van der Waals surface area contributed by atoms with E-state index in [0.717, 1.165) is 4.90 Å². The summed E-state index contributed by atoms with van der Waals surface area (Å²) >= 11 is 0. The van der Waals surface area contributed by atoms with Gasteiger partial charge in [0, 0.05) is 60.0 Å². The average Bonchev–Trinajstić information content (AvgIpc) is 3.76. The number of carbonyl (C=O) groups excluding carboxylic acids is 7. The van der Waals surface area contributed by atoms with Crippen molar-refractivity contribution in [2.24, 2.45) is 17.8 Å². The number of aliphatic carboxylic acids is 1. The zero-order valence-corrected chi connectivity index (χ0v) is 33.9. The Hall–Kier alpha value is -4.38. The molecule has 2 rings (SSSR count). The van der Waals surface area contributed by atoms with Gasteiger partial charge in [0.2, 0.25) is 29.5 Å². The molecule has 2 aliphatic rings. The number of carboxylic acid groups (broad SMARTS) is 1. The van der Waals surface area contributed by atoms with Gasteiger partial charge in [-0.2, -0.15) is 0 Å². The van der Waals surface area contributed by atoms with Gasteiger partial charge in [-0.3, -0.25) is 43.3 Å². The molecule has 7 atom stereocenters. The van der Waals surface area contributed by atoms with Crippen LogP contribution >= 0.6 is 0 Å². The molecular weight excluding hydrogens is 716 g/mol. The molecule has 1 unspecified atom stereocenters. The van der Waals surface area contributed by atoms with Crippen LogP contribution in [0.2, 0.25) is 0 Å². The first kappa shape index (κ1) is 46.8. The summed E-state index contributed by atoms with van der Waals surface area (Å²) in [6.07, 6.45) is 3.85. The smallest absolute Gasteiger partial charge is 0.322 e. The maximum absolute atomic E-state index is 13.9. The van der Waals surface area contributed by atoms with E-state index in [1.54, 1.807) is 32.7 Å². The van der Waals surface area contributed by atoms with E-state index in [1.807, 2.05) is 13.8 Å². The number of methoxy groups -OCH3 is 2. The lowest BCUT2D eigenvalue weighted by Crippen LogP contribution is -2.55. The molecule has 1 saturated heterocycles. The van der Waals surface area contributed by atoms with Crippen molar-refractivity contribution < 1.29 is 52.9 Å². The summed E-state index contributed by atoms with van der Waals surface area (Å²) in [5.74, 6) is -4.97. The van der Waals surface area contributed by atoms with Crippen molar-refractivity contribution in [3.63, 3.8) is 0 Å². The molecule has 2 heterocycles. The topological polar surface area (TPSA) is 212 Å². The molecule has 55 heavy (non-hydrogen) atoms. The largest absolute Gasteiger partial charge is 0.480 e. The third-order valence-electron chi connectivity index (χ3n) is 10.8. The van der Waals surface area contributed by atoms with Crippen molar-refractivity contribution in [1.29, 1.82) is 0 Å². The average molecular weight is 779 g/mol. The quantitative estimate of drug-likeness (QED) is 0.0976. The van der Waals surface area contributed by atoms with Gasteiger partial charge < -0.3 is 39.9 Å². The van der Waals surface area contributed by atoms with E-state index < -0.39 is 66.5 Å². The second kappa shape index (κ2) is 22.2. The number of nitrogens with zero attached hydrogens (tertiary/aromatic N) is 4. The molecule has 0 spiro atoms. The van der Waals surface area contributed by atoms with Gasteiger partial charge in [-0.25, -0.2) is 0 Å². The number of hydrogen-bond acceptors (Lipinski definition) is 10. The van der Waals surface area contributed by atoms with Crippen LogP contribution in [0.25, 0.3) is 0 Å². The lowest BCUT2D eigenvalue weighted by Gasteiger charge is -2.39. The molecule has 0 aromatic rings. The van der Waals surface area contributed by atoms with Gasteiger partial charge in [-0.1, -0.05) is 41.0 Å². The van der Waals surface area contributed by atoms with Crippen LogP contribution in [0.4, 0.5) is 0 Å². The molecule has 17 heteroatoms. The maximum atomic E-state index is 13.9. The number of likely N-dealkylation sites (N-methyl/N-ethyl adjacent to an activating group) is 2. The Balaban J connectivity index is 2.07. The molecule has 310 valence electrons. The molecule has 3 N–H and O–H groups in total. The van der Waals surface area contributed by atoms with Crippen molar-refractivity contribution in [2.75, 3.05) is 54.5 Å². The van der Waals surface area contributed by atoms with E-state index in [-0.39, 0.29) is 61.4 Å². The van der Waals surface area contributed by atoms with Gasteiger partial charge >= 0.3 is 5.97 Å². The molecular formula is C38H62N6O11. The highest BCUT2D eigenvalue weighted by atomic mass is 16.5. The fraction of sp³-hybridized carbons (Fsp3) is 0.737. The second-order valence-electron chi connectivity index (χ2n) is 14.8. The summed E-state index contributed by atoms with van der Waals surface area (Å²) in [6, 6.07) is -1.84. The first-order chi connectivity index (χ1) is 25.9. The van der Waals surface area contributed by atoms with Gasteiger partial charge in [-0.15, -0.1) is 0 Å². The summed E-state index contributed by atoms with van der Waals surface area (Å²) in [5, 5.41) is 14.0. The number of nitrogens with one attached hydrogen (secondary N) is 2. The minimum absolute atomic E-state index is 0.0636. The number of likely N-dealkylation sites (tertiary alicyclic amines) is 1. The number of imide groups is 1. The lowest BCUT2D eigenvalue weighted by molar-refractivity contribution is -0.146. The molecule has 0 aromatic heterocycles. The van der Waals surface area contributed by atoms with Crippen LogP contribution in [-0.2, 0) is 47.8 Å². The van der Waals surface area contributed by atoms with Crippen LogP contribution in [0.3, 0.4) is 0 Å². The second-order valence-corrected chi connectivity index (χ2v) is 14.8. The minimum atomic E-state index is -1.17. The van der Waals surface area contributed by atoms with Crippen molar-refractivity contribution in [3.8, 4) is 0 Å². The van der Waals surface area contributed by atoms with Gasteiger partial charge in [0.05, 0.1) is 43.2 Å². The maximum Gasteiger partial charge on any atom is 0.322 e. The van der Waals surface area contributed by atoms with E-state index in [2.05, 4.69) is 10.6 Å². The van der Waals surface area contributed by atoms with E-state index in [1.165, 1.54) is 43.2 Å². The number of amides is 7. The van der Waals surface area contributed by atoms with E-state index in [0.29, 0.717) is 38.6 Å². The number of carboxylic acids is 1. The third kappa shape index (κ3) is 12.8. The summed E-state index contributed by atoms with van der Waals surface area (Å²) in [4.78, 5) is 107. The Bertz CT molecular complexity index is 1400. The van der Waals surface area contributed by atoms with Crippen LogP contribution in [0, 0.1) is 17.8 Å². The number of unbranched alkanes of at least 4 members (excludes halogenated alkanes) is 1. The molecule has 0 radical (unpaired) electrons. The molecule has 2 aliphatic heterocycles. The monoisotopic (exact) mass is 778 g/mol. The summed E-state index contributed by atoms with van der Waals surface area (Å²) in [5.41, 5.74) is 0. The van der Waals surface area contributed by atoms with Crippen molar-refractivity contribution in [2.45, 2.75) is 110 Å². The highest BCUT2D eigenvalue weighted by Crippen LogP contribution is 2.29. The van der Waals surface area contributed by atoms with Gasteiger partial charge in [-0.05, 0) is 37.5 Å². The Labute approximate surface area is 324 Å². The standard InChI is InChI=1S/C38H62N6O11/c1-10-24(4)35(27(54-8)20-31(48)43-19-13-14-26(43)36(55-9)25(5)37(52)40-22-33(50)51)42(7)32(49)21-39-38(53)34(23(2)3)41(6)28(45)15-11-12-18-44-29(46)16-17-30(44)47/h16-17,23-27,34-36H,10-15,18-22H2,1-9H3,(H,39,53)(H,40,52)(H,50,51)/t24-,25+,26-,27+,34?,35-,36+/m0/s1. The predicted octanol–water partition coefficient (Wildman–Crippen LogP) is 0.802. The van der Waals surface area contributed by atoms with E-state index in [9.17, 15) is 38.4 Å². The first-order valence-corrected chi connectivity index (χ1v) is 19.1. The zero-order valence-electron chi connectivity index (χ0n) is 33.9. The summed E-state index contributed by atoms with van der Waals surface area (Å²) in [6.45, 7) is 8.90. The van der Waals surface area contributed by atoms with Gasteiger partial charge in [0.25, 0.3) is 11.8 Å². The molecule has 17 nitrogen and oxygen atoms in total. The number of carbonyl (C=O) groups is 8. The van der Waals surface area contributed by atoms with Crippen LogP contribution in [-0.4, -0.2) is 157 Å². The van der Waals surface area contributed by atoms with Gasteiger partial charge in [0.15, 0.2) is 0 Å².